The lowest BCUT2D eigenvalue weighted by Gasteiger charge is -2.32. The van der Waals surface area contributed by atoms with Crippen LogP contribution in [0, 0.1) is 5.41 Å². The number of furan rings is 1. The Kier molecular flexibility index (Phi) is 4.28. The van der Waals surface area contributed by atoms with Crippen LogP contribution >= 0.6 is 11.8 Å². The lowest BCUT2D eigenvalue weighted by molar-refractivity contribution is -0.116. The van der Waals surface area contributed by atoms with Crippen LogP contribution in [0.4, 0.5) is 0 Å². The van der Waals surface area contributed by atoms with E-state index < -0.39 is 5.92 Å². The van der Waals surface area contributed by atoms with Gasteiger partial charge in [0.25, 0.3) is 0 Å². The second-order valence-corrected chi connectivity index (χ2v) is 8.05. The number of nitrogens with one attached hydrogen (secondary N) is 3. The summed E-state index contributed by atoms with van der Waals surface area (Å²) in [5.74, 6) is 0.635. The first-order valence-corrected chi connectivity index (χ1v) is 10.2. The van der Waals surface area contributed by atoms with Crippen molar-refractivity contribution in [3.05, 3.63) is 64.8 Å². The Morgan fingerprint density at radius 1 is 1.24 bits per heavy atom. The van der Waals surface area contributed by atoms with Crippen molar-refractivity contribution < 1.29 is 9.21 Å². The minimum absolute atomic E-state index is 0.0819. The smallest absolute Gasteiger partial charge is 0.174 e. The van der Waals surface area contributed by atoms with Crippen LogP contribution in [0.2, 0.25) is 0 Å². The van der Waals surface area contributed by atoms with E-state index in [-0.39, 0.29) is 5.78 Å². The highest BCUT2D eigenvalue weighted by Crippen LogP contribution is 2.42. The molecule has 3 heterocycles. The number of aromatic amines is 1. The molecule has 0 saturated carbocycles. The number of rotatable bonds is 4. The third-order valence-corrected chi connectivity index (χ3v) is 6.07. The molecule has 0 radical (unpaired) electrons. The maximum Gasteiger partial charge on any atom is 0.174 e. The number of carbonyl (C=O) groups is 1. The van der Waals surface area contributed by atoms with Crippen molar-refractivity contribution in [3.8, 4) is 0 Å². The Bertz CT molecular complexity index is 1170. The first-order chi connectivity index (χ1) is 14.1. The summed E-state index contributed by atoms with van der Waals surface area (Å²) >= 11 is 1.38. The van der Waals surface area contributed by atoms with Gasteiger partial charge in [0.15, 0.2) is 16.0 Å². The molecule has 0 fully saturated rings. The number of ketones is 1. The number of imidazole rings is 1. The van der Waals surface area contributed by atoms with E-state index in [1.54, 1.807) is 0 Å². The third-order valence-electron chi connectivity index (χ3n) is 5.26. The average molecular weight is 405 g/mol. The lowest BCUT2D eigenvalue weighted by atomic mass is 9.78. The second-order valence-electron chi connectivity index (χ2n) is 7.06. The number of hydrogen-bond donors (Lipinski definition) is 4. The quantitative estimate of drug-likeness (QED) is 0.490. The summed E-state index contributed by atoms with van der Waals surface area (Å²) in [6.07, 6.45) is 3.28. The van der Waals surface area contributed by atoms with Crippen LogP contribution < -0.4 is 11.1 Å². The Morgan fingerprint density at radius 3 is 2.93 bits per heavy atom. The Balaban J connectivity index is 1.50. The fraction of sp³-hybridized carbons (Fsp3) is 0.190. The topological polar surface area (TPSA) is 121 Å². The largest absolute Gasteiger partial charge is 0.453 e. The van der Waals surface area contributed by atoms with Gasteiger partial charge in [-0.2, -0.15) is 0 Å². The number of para-hydroxylation sites is 2. The van der Waals surface area contributed by atoms with Crippen LogP contribution in [0.15, 0.2) is 73.7 Å². The molecule has 146 valence electrons. The van der Waals surface area contributed by atoms with Crippen molar-refractivity contribution in [2.75, 3.05) is 0 Å². The fourth-order valence-corrected chi connectivity index (χ4v) is 4.72. The van der Waals surface area contributed by atoms with Gasteiger partial charge >= 0.3 is 0 Å². The minimum Gasteiger partial charge on any atom is -0.453 e. The number of hydrogen-bond acceptors (Lipinski definition) is 7. The van der Waals surface area contributed by atoms with Crippen LogP contribution in [0.3, 0.4) is 0 Å². The second kappa shape index (κ2) is 6.97. The van der Waals surface area contributed by atoms with Gasteiger partial charge in [0.1, 0.15) is 11.6 Å². The van der Waals surface area contributed by atoms with Crippen molar-refractivity contribution in [3.63, 3.8) is 0 Å². The SMILES string of the molecule is N=CC1=C(N)NC2=C(C(=O)CCC2)C1c1ccc(Sc2nc3ccccc3[nH]2)o1. The predicted molar refractivity (Wildman–Crippen MR) is 111 cm³/mol. The zero-order valence-electron chi connectivity index (χ0n) is 15.5. The van der Waals surface area contributed by atoms with Gasteiger partial charge in [0.05, 0.1) is 17.0 Å². The van der Waals surface area contributed by atoms with E-state index in [2.05, 4.69) is 15.3 Å². The van der Waals surface area contributed by atoms with Crippen molar-refractivity contribution in [1.29, 1.82) is 5.41 Å². The summed E-state index contributed by atoms with van der Waals surface area (Å²) in [5.41, 5.74) is 10.1. The number of aromatic nitrogens is 2. The Hall–Kier alpha value is -3.26. The van der Waals surface area contributed by atoms with Crippen molar-refractivity contribution in [1.82, 2.24) is 15.3 Å². The molecule has 7 nitrogen and oxygen atoms in total. The summed E-state index contributed by atoms with van der Waals surface area (Å²) in [6.45, 7) is 0. The van der Waals surface area contributed by atoms with E-state index in [1.807, 2.05) is 36.4 Å². The highest BCUT2D eigenvalue weighted by Gasteiger charge is 2.37. The van der Waals surface area contributed by atoms with Gasteiger partial charge in [0.2, 0.25) is 0 Å². The monoisotopic (exact) mass is 405 g/mol. The minimum atomic E-state index is -0.457. The molecule has 29 heavy (non-hydrogen) atoms. The molecule has 1 aliphatic heterocycles. The van der Waals surface area contributed by atoms with Gasteiger partial charge in [0, 0.05) is 29.5 Å². The number of benzene rings is 1. The van der Waals surface area contributed by atoms with E-state index in [4.69, 9.17) is 15.6 Å². The molecule has 5 rings (SSSR count). The molecule has 1 atom stereocenters. The molecule has 0 saturated heterocycles. The molecule has 2 aromatic heterocycles. The number of Topliss-reactive ketones (excluding diaryl/α,β-unsaturated/α-hetero) is 1. The number of carbonyl (C=O) groups excluding carboxylic acids is 1. The molecule has 8 heteroatoms. The highest BCUT2D eigenvalue weighted by molar-refractivity contribution is 7.99. The normalized spacial score (nSPS) is 19.4. The molecule has 2 aliphatic rings. The molecule has 3 aromatic rings. The van der Waals surface area contributed by atoms with Crippen molar-refractivity contribution in [2.45, 2.75) is 35.4 Å². The molecule has 0 amide bonds. The van der Waals surface area contributed by atoms with Crippen LogP contribution in [-0.4, -0.2) is 22.0 Å². The van der Waals surface area contributed by atoms with E-state index in [1.165, 1.54) is 18.0 Å². The van der Waals surface area contributed by atoms with E-state index in [0.29, 0.717) is 34.2 Å². The number of nitrogens with two attached hydrogens (primary N) is 1. The molecule has 1 unspecified atom stereocenters. The Labute approximate surface area is 171 Å². The first-order valence-electron chi connectivity index (χ1n) is 9.40. The summed E-state index contributed by atoms with van der Waals surface area (Å²) in [4.78, 5) is 20.5. The molecule has 1 aliphatic carbocycles. The lowest BCUT2D eigenvalue weighted by Crippen LogP contribution is -2.35. The van der Waals surface area contributed by atoms with Crippen molar-refractivity contribution >= 4 is 34.8 Å². The predicted octanol–water partition coefficient (Wildman–Crippen LogP) is 3.82. The number of allylic oxidation sites excluding steroid dienone is 3. The number of dihydropyridines is 1. The fourth-order valence-electron chi connectivity index (χ4n) is 3.95. The number of H-pyrrole nitrogens is 1. The van der Waals surface area contributed by atoms with Crippen LogP contribution in [0.1, 0.15) is 30.9 Å². The van der Waals surface area contributed by atoms with Crippen molar-refractivity contribution in [2.24, 2.45) is 5.73 Å². The maximum atomic E-state index is 12.7. The maximum absolute atomic E-state index is 12.7. The van der Waals surface area contributed by atoms with E-state index in [9.17, 15) is 4.79 Å². The van der Waals surface area contributed by atoms with Gasteiger partial charge in [-0.15, -0.1) is 0 Å². The molecule has 0 bridgehead atoms. The molecular formula is C21H19N5O2S. The molecular weight excluding hydrogens is 386 g/mol. The summed E-state index contributed by atoms with van der Waals surface area (Å²) in [7, 11) is 0. The molecule has 1 aromatic carbocycles. The van der Waals surface area contributed by atoms with E-state index >= 15 is 0 Å². The third kappa shape index (κ3) is 3.05. The summed E-state index contributed by atoms with van der Waals surface area (Å²) < 4.78 is 6.10. The molecule has 0 spiro atoms. The summed E-state index contributed by atoms with van der Waals surface area (Å²) in [5, 5.41) is 12.3. The van der Waals surface area contributed by atoms with Gasteiger partial charge in [-0.05, 0) is 48.9 Å². The van der Waals surface area contributed by atoms with Gasteiger partial charge in [-0.3, -0.25) is 4.79 Å². The first kappa shape index (κ1) is 17.8. The van der Waals surface area contributed by atoms with Crippen LogP contribution in [-0.2, 0) is 4.79 Å². The van der Waals surface area contributed by atoms with E-state index in [0.717, 1.165) is 34.7 Å². The highest BCUT2D eigenvalue weighted by atomic mass is 32.2. The Morgan fingerprint density at radius 2 is 2.10 bits per heavy atom. The van der Waals surface area contributed by atoms with Crippen LogP contribution in [0.5, 0.6) is 0 Å². The zero-order valence-corrected chi connectivity index (χ0v) is 16.3. The van der Waals surface area contributed by atoms with Gasteiger partial charge in [-0.1, -0.05) is 12.1 Å². The average Bonchev–Trinajstić information content (AvgIpc) is 3.33. The van der Waals surface area contributed by atoms with Crippen LogP contribution in [0.25, 0.3) is 11.0 Å². The number of nitrogens with zero attached hydrogens (tertiary/aromatic N) is 1. The van der Waals surface area contributed by atoms with Gasteiger partial charge < -0.3 is 25.9 Å². The van der Waals surface area contributed by atoms with Gasteiger partial charge in [-0.25, -0.2) is 4.98 Å². The molecule has 5 N–H and O–H groups in total. The standard InChI is InChI=1S/C21H19N5O2S/c22-10-11-18(19-14(24-20(11)23)6-3-7-15(19)27)16-8-9-17(28-16)29-21-25-12-4-1-2-5-13(12)26-21/h1-2,4-5,8-10,18,22,24H,3,6-7,23H2,(H,25,26). The summed E-state index contributed by atoms with van der Waals surface area (Å²) in [6, 6.07) is 11.5. The zero-order chi connectivity index (χ0) is 20.0. The number of fused-ring (bicyclic) bond motifs is 1.